The van der Waals surface area contributed by atoms with Crippen molar-refractivity contribution in [1.29, 1.82) is 0 Å². The molecule has 1 heterocycles. The minimum Gasteiger partial charge on any atom is -0.383 e. The standard InChI is InChI=1S/C27H37FN4O4S/c1-18(2)29-17-25(33)23(14-20-10-6-5-7-11-20)31-27(34)22-15-21(30-19(3)4)16-24(26(22)28)32-12-8-9-13-37(32,35)36/h5-7,10-11,15-16,18-19,23,29-30H,8-9,12-14,17H2,1-4H3,(H,31,34)/t23-/m0/s1. The summed E-state index contributed by atoms with van der Waals surface area (Å²) < 4.78 is 42.3. The minimum atomic E-state index is -3.71. The Hall–Kier alpha value is -2.98. The molecule has 1 saturated heterocycles. The lowest BCUT2D eigenvalue weighted by atomic mass is 10.0. The van der Waals surface area contributed by atoms with Crippen molar-refractivity contribution in [3.63, 3.8) is 0 Å². The normalized spacial score (nSPS) is 16.0. The molecule has 1 amide bonds. The Morgan fingerprint density at radius 2 is 1.73 bits per heavy atom. The molecule has 1 fully saturated rings. The van der Waals surface area contributed by atoms with Crippen molar-refractivity contribution in [2.24, 2.45) is 0 Å². The molecular weight excluding hydrogens is 495 g/mol. The largest absolute Gasteiger partial charge is 0.383 e. The highest BCUT2D eigenvalue weighted by Crippen LogP contribution is 2.32. The summed E-state index contributed by atoms with van der Waals surface area (Å²) in [7, 11) is -3.71. The number of hydrogen-bond acceptors (Lipinski definition) is 6. The summed E-state index contributed by atoms with van der Waals surface area (Å²) >= 11 is 0. The van der Waals surface area contributed by atoms with Crippen LogP contribution in [0.4, 0.5) is 15.8 Å². The first-order chi connectivity index (χ1) is 17.5. The first kappa shape index (κ1) is 28.6. The van der Waals surface area contributed by atoms with Crippen molar-refractivity contribution < 1.29 is 22.4 Å². The van der Waals surface area contributed by atoms with Crippen LogP contribution in [0.3, 0.4) is 0 Å². The number of sulfonamides is 1. The molecule has 0 radical (unpaired) electrons. The van der Waals surface area contributed by atoms with Gasteiger partial charge in [0, 0.05) is 24.3 Å². The predicted molar refractivity (Wildman–Crippen MR) is 145 cm³/mol. The SMILES string of the molecule is CC(C)NCC(=O)[C@H](Cc1ccccc1)NC(=O)c1cc(NC(C)C)cc(N2CCCCS2(=O)=O)c1F. The molecule has 8 nitrogen and oxygen atoms in total. The van der Waals surface area contributed by atoms with Crippen LogP contribution in [0.5, 0.6) is 0 Å². The van der Waals surface area contributed by atoms with Gasteiger partial charge in [-0.1, -0.05) is 44.2 Å². The summed E-state index contributed by atoms with van der Waals surface area (Å²) in [5, 5.41) is 8.92. The number of amides is 1. The second kappa shape index (κ2) is 12.5. The molecule has 10 heteroatoms. The molecule has 3 N–H and O–H groups in total. The van der Waals surface area contributed by atoms with Gasteiger partial charge >= 0.3 is 0 Å². The lowest BCUT2D eigenvalue weighted by molar-refractivity contribution is -0.120. The minimum absolute atomic E-state index is 0.0401. The summed E-state index contributed by atoms with van der Waals surface area (Å²) in [5.41, 5.74) is 0.790. The third-order valence-electron chi connectivity index (χ3n) is 6.03. The molecule has 0 aliphatic carbocycles. The summed E-state index contributed by atoms with van der Waals surface area (Å²) in [6.07, 6.45) is 1.34. The quantitative estimate of drug-likeness (QED) is 0.409. The molecule has 0 aromatic heterocycles. The highest BCUT2D eigenvalue weighted by Gasteiger charge is 2.31. The van der Waals surface area contributed by atoms with E-state index in [-0.39, 0.29) is 54.4 Å². The Labute approximate surface area is 219 Å². The fraction of sp³-hybridized carbons (Fsp3) is 0.481. The highest BCUT2D eigenvalue weighted by atomic mass is 32.2. The topological polar surface area (TPSA) is 108 Å². The van der Waals surface area contributed by atoms with Crippen LogP contribution in [0.2, 0.25) is 0 Å². The summed E-state index contributed by atoms with van der Waals surface area (Å²) in [5.74, 6) is -2.02. The van der Waals surface area contributed by atoms with Gasteiger partial charge < -0.3 is 16.0 Å². The van der Waals surface area contributed by atoms with Gasteiger partial charge in [-0.15, -0.1) is 0 Å². The highest BCUT2D eigenvalue weighted by molar-refractivity contribution is 7.92. The molecule has 1 atom stereocenters. The number of nitrogens with zero attached hydrogens (tertiary/aromatic N) is 1. The van der Waals surface area contributed by atoms with Crippen molar-refractivity contribution in [3.8, 4) is 0 Å². The molecule has 0 spiro atoms. The lowest BCUT2D eigenvalue weighted by Crippen LogP contribution is -2.47. The number of hydrogen-bond donors (Lipinski definition) is 3. The van der Waals surface area contributed by atoms with Crippen molar-refractivity contribution >= 4 is 33.1 Å². The van der Waals surface area contributed by atoms with E-state index in [4.69, 9.17) is 0 Å². The van der Waals surface area contributed by atoms with Gasteiger partial charge in [0.05, 0.1) is 29.6 Å². The maximum Gasteiger partial charge on any atom is 0.255 e. The smallest absolute Gasteiger partial charge is 0.255 e. The van der Waals surface area contributed by atoms with E-state index in [2.05, 4.69) is 16.0 Å². The van der Waals surface area contributed by atoms with Crippen LogP contribution in [0.1, 0.15) is 56.5 Å². The van der Waals surface area contributed by atoms with Crippen LogP contribution in [0, 0.1) is 5.82 Å². The van der Waals surface area contributed by atoms with Crippen LogP contribution < -0.4 is 20.3 Å². The second-order valence-corrected chi connectivity index (χ2v) is 12.0. The Bertz CT molecular complexity index is 1200. The monoisotopic (exact) mass is 532 g/mol. The van der Waals surface area contributed by atoms with Crippen LogP contribution in [-0.4, -0.2) is 57.1 Å². The number of carbonyl (C=O) groups is 2. The molecule has 1 aliphatic heterocycles. The van der Waals surface area contributed by atoms with E-state index >= 15 is 4.39 Å². The molecule has 37 heavy (non-hydrogen) atoms. The molecule has 0 saturated carbocycles. The average Bonchev–Trinajstić information content (AvgIpc) is 2.83. The number of nitrogens with one attached hydrogen (secondary N) is 3. The van der Waals surface area contributed by atoms with Gasteiger partial charge in [-0.05, 0) is 50.8 Å². The number of anilines is 2. The van der Waals surface area contributed by atoms with Gasteiger partial charge in [0.1, 0.15) is 0 Å². The number of carbonyl (C=O) groups excluding carboxylic acids is 2. The van der Waals surface area contributed by atoms with Crippen molar-refractivity contribution in [2.45, 2.75) is 65.1 Å². The van der Waals surface area contributed by atoms with E-state index in [1.54, 1.807) is 0 Å². The Balaban J connectivity index is 1.97. The zero-order valence-electron chi connectivity index (χ0n) is 21.9. The number of ketones is 1. The zero-order chi connectivity index (χ0) is 27.2. The summed E-state index contributed by atoms with van der Waals surface area (Å²) in [6.45, 7) is 7.78. The van der Waals surface area contributed by atoms with Gasteiger partial charge in [-0.25, -0.2) is 12.8 Å². The van der Waals surface area contributed by atoms with Gasteiger partial charge in [-0.2, -0.15) is 0 Å². The number of benzene rings is 2. The summed E-state index contributed by atoms with van der Waals surface area (Å²) in [6, 6.07) is 11.2. The van der Waals surface area contributed by atoms with E-state index in [1.807, 2.05) is 58.0 Å². The van der Waals surface area contributed by atoms with Crippen LogP contribution >= 0.6 is 0 Å². The molecule has 2 aromatic carbocycles. The van der Waals surface area contributed by atoms with Crippen molar-refractivity contribution in [1.82, 2.24) is 10.6 Å². The molecule has 2 aromatic rings. The number of halogens is 1. The van der Waals surface area contributed by atoms with Crippen LogP contribution in [0.25, 0.3) is 0 Å². The molecule has 1 aliphatic rings. The maximum atomic E-state index is 15.8. The van der Waals surface area contributed by atoms with E-state index in [1.165, 1.54) is 12.1 Å². The lowest BCUT2D eigenvalue weighted by Gasteiger charge is -2.30. The van der Waals surface area contributed by atoms with Gasteiger partial charge in [-0.3, -0.25) is 13.9 Å². The first-order valence-electron chi connectivity index (χ1n) is 12.7. The van der Waals surface area contributed by atoms with E-state index in [9.17, 15) is 18.0 Å². The van der Waals surface area contributed by atoms with Crippen LogP contribution in [0.15, 0.2) is 42.5 Å². The first-order valence-corrected chi connectivity index (χ1v) is 14.3. The third kappa shape index (κ3) is 7.75. The second-order valence-electron chi connectivity index (χ2n) is 9.97. The fourth-order valence-corrected chi connectivity index (χ4v) is 5.82. The Kier molecular flexibility index (Phi) is 9.67. The number of rotatable bonds is 11. The van der Waals surface area contributed by atoms with E-state index in [0.717, 1.165) is 9.87 Å². The van der Waals surface area contributed by atoms with E-state index in [0.29, 0.717) is 18.5 Å². The Morgan fingerprint density at radius 3 is 2.35 bits per heavy atom. The van der Waals surface area contributed by atoms with Crippen molar-refractivity contribution in [2.75, 3.05) is 28.5 Å². The zero-order valence-corrected chi connectivity index (χ0v) is 22.7. The van der Waals surface area contributed by atoms with Gasteiger partial charge in [0.2, 0.25) is 10.0 Å². The molecule has 0 unspecified atom stereocenters. The third-order valence-corrected chi connectivity index (χ3v) is 7.89. The van der Waals surface area contributed by atoms with Gasteiger partial charge in [0.15, 0.2) is 11.6 Å². The maximum absolute atomic E-state index is 15.8. The van der Waals surface area contributed by atoms with Gasteiger partial charge in [0.25, 0.3) is 5.91 Å². The Morgan fingerprint density at radius 1 is 1.03 bits per heavy atom. The fourth-order valence-electron chi connectivity index (χ4n) is 4.19. The molecule has 3 rings (SSSR count). The van der Waals surface area contributed by atoms with Crippen LogP contribution in [-0.2, 0) is 21.2 Å². The molecule has 202 valence electrons. The van der Waals surface area contributed by atoms with Crippen molar-refractivity contribution in [3.05, 3.63) is 59.4 Å². The number of Topliss-reactive ketones (excluding diaryl/α,β-unsaturated/α-hetero) is 1. The molecular formula is C27H37FN4O4S. The predicted octanol–water partition coefficient (Wildman–Crippen LogP) is 3.48. The molecule has 0 bridgehead atoms. The average molecular weight is 533 g/mol. The summed E-state index contributed by atoms with van der Waals surface area (Å²) in [4.78, 5) is 26.5. The van der Waals surface area contributed by atoms with E-state index < -0.39 is 27.8 Å².